The first-order valence-corrected chi connectivity index (χ1v) is 8.96. The van der Waals surface area contributed by atoms with Gasteiger partial charge in [-0.15, -0.1) is 0 Å². The number of carbonyl (C=O) groups excluding carboxylic acids is 1. The van der Waals surface area contributed by atoms with Crippen LogP contribution < -0.4 is 10.6 Å². The number of nitrogens with zero attached hydrogens (tertiary/aromatic N) is 2. The fourth-order valence-corrected chi connectivity index (χ4v) is 3.68. The summed E-state index contributed by atoms with van der Waals surface area (Å²) in [4.78, 5) is 16.8. The minimum absolute atomic E-state index is 0.192. The van der Waals surface area contributed by atoms with Crippen LogP contribution in [0.2, 0.25) is 0 Å². The molecule has 0 aliphatic carbocycles. The predicted molar refractivity (Wildman–Crippen MR) is 85.3 cm³/mol. The molecule has 1 atom stereocenters. The highest BCUT2D eigenvalue weighted by Crippen LogP contribution is 2.09. The van der Waals surface area contributed by atoms with E-state index in [9.17, 15) is 4.79 Å². The first-order chi connectivity index (χ1) is 9.78. The third-order valence-corrected chi connectivity index (χ3v) is 5.22. The van der Waals surface area contributed by atoms with Crippen molar-refractivity contribution in [3.05, 3.63) is 0 Å². The summed E-state index contributed by atoms with van der Waals surface area (Å²) >= 11 is 1.94. The zero-order valence-electron chi connectivity index (χ0n) is 12.6. The number of thioether (sulfide) groups is 1. The van der Waals surface area contributed by atoms with E-state index < -0.39 is 0 Å². The Balaban J connectivity index is 1.53. The number of rotatable bonds is 6. The van der Waals surface area contributed by atoms with E-state index in [0.717, 1.165) is 58.1 Å². The van der Waals surface area contributed by atoms with Crippen LogP contribution in [0.5, 0.6) is 0 Å². The minimum atomic E-state index is 0.192. The van der Waals surface area contributed by atoms with Gasteiger partial charge in [0.15, 0.2) is 0 Å². The SMILES string of the molecule is CCN1CCN(CCNC(=O)CC2CSCCN2)CC1. The van der Waals surface area contributed by atoms with E-state index in [4.69, 9.17) is 0 Å². The Morgan fingerprint density at radius 1 is 1.30 bits per heavy atom. The Morgan fingerprint density at radius 3 is 2.70 bits per heavy atom. The van der Waals surface area contributed by atoms with E-state index in [-0.39, 0.29) is 5.91 Å². The lowest BCUT2D eigenvalue weighted by Gasteiger charge is -2.34. The number of likely N-dealkylation sites (N-methyl/N-ethyl adjacent to an activating group) is 1. The molecule has 0 aromatic rings. The summed E-state index contributed by atoms with van der Waals surface area (Å²) in [6.45, 7) is 10.7. The third kappa shape index (κ3) is 5.60. The Bertz CT molecular complexity index is 289. The molecule has 20 heavy (non-hydrogen) atoms. The van der Waals surface area contributed by atoms with Gasteiger partial charge < -0.3 is 15.5 Å². The molecular weight excluding hydrogens is 272 g/mol. The maximum absolute atomic E-state index is 11.9. The van der Waals surface area contributed by atoms with Crippen LogP contribution in [-0.2, 0) is 4.79 Å². The molecule has 0 aromatic heterocycles. The Hall–Kier alpha value is -0.300. The van der Waals surface area contributed by atoms with Gasteiger partial charge in [0.1, 0.15) is 0 Å². The highest BCUT2D eigenvalue weighted by atomic mass is 32.2. The lowest BCUT2D eigenvalue weighted by molar-refractivity contribution is -0.121. The molecule has 2 heterocycles. The van der Waals surface area contributed by atoms with Gasteiger partial charge in [-0.1, -0.05) is 6.92 Å². The minimum Gasteiger partial charge on any atom is -0.355 e. The van der Waals surface area contributed by atoms with Crippen LogP contribution in [0.3, 0.4) is 0 Å². The van der Waals surface area contributed by atoms with E-state index in [2.05, 4.69) is 27.4 Å². The molecule has 2 N–H and O–H groups in total. The van der Waals surface area contributed by atoms with Gasteiger partial charge in [0.05, 0.1) is 0 Å². The van der Waals surface area contributed by atoms with Crippen LogP contribution in [0.25, 0.3) is 0 Å². The molecule has 5 nitrogen and oxygen atoms in total. The zero-order chi connectivity index (χ0) is 14.2. The topological polar surface area (TPSA) is 47.6 Å². The van der Waals surface area contributed by atoms with E-state index in [1.807, 2.05) is 11.8 Å². The third-order valence-electron chi connectivity index (χ3n) is 4.09. The summed E-state index contributed by atoms with van der Waals surface area (Å²) in [5, 5.41) is 6.46. The van der Waals surface area contributed by atoms with Crippen molar-refractivity contribution in [2.45, 2.75) is 19.4 Å². The summed E-state index contributed by atoms with van der Waals surface area (Å²) in [5.74, 6) is 2.42. The molecule has 0 radical (unpaired) electrons. The summed E-state index contributed by atoms with van der Waals surface area (Å²) in [6, 6.07) is 0.363. The highest BCUT2D eigenvalue weighted by molar-refractivity contribution is 7.99. The fraction of sp³-hybridized carbons (Fsp3) is 0.929. The number of hydrogen-bond donors (Lipinski definition) is 2. The van der Waals surface area contributed by atoms with Gasteiger partial charge in [0.25, 0.3) is 0 Å². The molecule has 116 valence electrons. The molecule has 0 aromatic carbocycles. The number of piperazine rings is 1. The molecule has 2 saturated heterocycles. The molecule has 2 aliphatic rings. The summed E-state index contributed by atoms with van der Waals surface area (Å²) in [6.07, 6.45) is 0.622. The van der Waals surface area contributed by atoms with Gasteiger partial charge >= 0.3 is 0 Å². The number of carbonyl (C=O) groups is 1. The second kappa shape index (κ2) is 8.87. The van der Waals surface area contributed by atoms with Crippen LogP contribution in [0.1, 0.15) is 13.3 Å². The van der Waals surface area contributed by atoms with Gasteiger partial charge in [-0.25, -0.2) is 0 Å². The molecule has 2 rings (SSSR count). The van der Waals surface area contributed by atoms with Gasteiger partial charge in [0, 0.05) is 69.8 Å². The van der Waals surface area contributed by atoms with Crippen molar-refractivity contribution in [1.29, 1.82) is 0 Å². The van der Waals surface area contributed by atoms with Gasteiger partial charge in [-0.05, 0) is 6.54 Å². The number of amides is 1. The van der Waals surface area contributed by atoms with Crippen molar-refractivity contribution in [3.8, 4) is 0 Å². The molecule has 0 bridgehead atoms. The molecule has 1 amide bonds. The van der Waals surface area contributed by atoms with Crippen LogP contribution in [0.4, 0.5) is 0 Å². The molecule has 2 aliphatic heterocycles. The first-order valence-electron chi connectivity index (χ1n) is 7.80. The standard InChI is InChI=1S/C14H28N4OS/c1-2-17-6-8-18(9-7-17)5-3-16-14(19)11-13-12-20-10-4-15-13/h13,15H,2-12H2,1H3,(H,16,19). The second-order valence-corrected chi connectivity index (χ2v) is 6.71. The lowest BCUT2D eigenvalue weighted by Crippen LogP contribution is -2.48. The van der Waals surface area contributed by atoms with Crippen molar-refractivity contribution in [2.75, 3.05) is 63.9 Å². The van der Waals surface area contributed by atoms with Gasteiger partial charge in [-0.2, -0.15) is 11.8 Å². The monoisotopic (exact) mass is 300 g/mol. The summed E-state index contributed by atoms with van der Waals surface area (Å²) in [5.41, 5.74) is 0. The largest absolute Gasteiger partial charge is 0.355 e. The Morgan fingerprint density at radius 2 is 2.05 bits per heavy atom. The normalized spacial score (nSPS) is 25.6. The Kier molecular flexibility index (Phi) is 7.13. The molecular formula is C14H28N4OS. The van der Waals surface area contributed by atoms with Gasteiger partial charge in [0.2, 0.25) is 5.91 Å². The van der Waals surface area contributed by atoms with E-state index >= 15 is 0 Å². The lowest BCUT2D eigenvalue weighted by atomic mass is 10.2. The average Bonchev–Trinajstić information content (AvgIpc) is 2.49. The van der Waals surface area contributed by atoms with Crippen LogP contribution in [0.15, 0.2) is 0 Å². The van der Waals surface area contributed by atoms with Gasteiger partial charge in [-0.3, -0.25) is 9.69 Å². The molecule has 0 spiro atoms. The van der Waals surface area contributed by atoms with E-state index in [1.165, 1.54) is 5.75 Å². The molecule has 0 saturated carbocycles. The van der Waals surface area contributed by atoms with Crippen molar-refractivity contribution in [3.63, 3.8) is 0 Å². The summed E-state index contributed by atoms with van der Waals surface area (Å²) < 4.78 is 0. The average molecular weight is 300 g/mol. The molecule has 1 unspecified atom stereocenters. The number of hydrogen-bond acceptors (Lipinski definition) is 5. The van der Waals surface area contributed by atoms with Crippen molar-refractivity contribution in [1.82, 2.24) is 20.4 Å². The van der Waals surface area contributed by atoms with E-state index in [0.29, 0.717) is 12.5 Å². The van der Waals surface area contributed by atoms with Crippen molar-refractivity contribution >= 4 is 17.7 Å². The Labute approximate surface area is 126 Å². The smallest absolute Gasteiger partial charge is 0.221 e. The highest BCUT2D eigenvalue weighted by Gasteiger charge is 2.17. The number of nitrogens with one attached hydrogen (secondary N) is 2. The molecule has 6 heteroatoms. The quantitative estimate of drug-likeness (QED) is 0.713. The maximum atomic E-state index is 11.9. The summed E-state index contributed by atoms with van der Waals surface area (Å²) in [7, 11) is 0. The predicted octanol–water partition coefficient (Wildman–Crippen LogP) is -0.165. The molecule has 2 fully saturated rings. The fourth-order valence-electron chi connectivity index (χ4n) is 2.73. The van der Waals surface area contributed by atoms with E-state index in [1.54, 1.807) is 0 Å². The maximum Gasteiger partial charge on any atom is 0.221 e. The van der Waals surface area contributed by atoms with Crippen molar-refractivity contribution < 1.29 is 4.79 Å². The second-order valence-electron chi connectivity index (χ2n) is 5.56. The zero-order valence-corrected chi connectivity index (χ0v) is 13.4. The van der Waals surface area contributed by atoms with Crippen LogP contribution in [0, 0.1) is 0 Å². The van der Waals surface area contributed by atoms with Crippen LogP contribution >= 0.6 is 11.8 Å². The van der Waals surface area contributed by atoms with Crippen LogP contribution in [-0.4, -0.2) is 85.6 Å². The first kappa shape index (κ1) is 16.1. The van der Waals surface area contributed by atoms with Crippen molar-refractivity contribution in [2.24, 2.45) is 0 Å².